The monoisotopic (exact) mass is 329 g/mol. The summed E-state index contributed by atoms with van der Waals surface area (Å²) in [6, 6.07) is 13.4. The van der Waals surface area contributed by atoms with Crippen LogP contribution in [0.2, 0.25) is 0 Å². The molecular weight excluding hydrogens is 306 g/mol. The van der Waals surface area contributed by atoms with Crippen molar-refractivity contribution < 1.29 is 9.90 Å². The molecule has 2 aromatic carbocycles. The molecule has 0 fully saturated rings. The number of hydrogen-bond acceptors (Lipinski definition) is 3. The second-order valence-electron chi connectivity index (χ2n) is 5.83. The molecule has 2 rings (SSSR count). The van der Waals surface area contributed by atoms with Gasteiger partial charge in [-0.15, -0.1) is 11.8 Å². The Hall–Kier alpha value is -1.94. The van der Waals surface area contributed by atoms with Crippen LogP contribution in [0, 0.1) is 6.92 Å². The Morgan fingerprint density at radius 3 is 2.57 bits per heavy atom. The summed E-state index contributed by atoms with van der Waals surface area (Å²) in [5, 5.41) is 9.85. The van der Waals surface area contributed by atoms with Crippen molar-refractivity contribution in [3.05, 3.63) is 59.2 Å². The van der Waals surface area contributed by atoms with Gasteiger partial charge in [-0.1, -0.05) is 18.2 Å². The van der Waals surface area contributed by atoms with Crippen LogP contribution in [-0.2, 0) is 6.54 Å². The van der Waals surface area contributed by atoms with E-state index in [1.807, 2.05) is 37.1 Å². The van der Waals surface area contributed by atoms with Gasteiger partial charge >= 0.3 is 0 Å². The summed E-state index contributed by atoms with van der Waals surface area (Å²) in [6.45, 7) is 6.35. The maximum absolute atomic E-state index is 12.9. The summed E-state index contributed by atoms with van der Waals surface area (Å²) in [5.74, 6) is 0.104. The van der Waals surface area contributed by atoms with E-state index in [0.717, 1.165) is 5.56 Å². The van der Waals surface area contributed by atoms with Crippen LogP contribution >= 0.6 is 11.8 Å². The molecule has 23 heavy (non-hydrogen) atoms. The number of rotatable bonds is 5. The summed E-state index contributed by atoms with van der Waals surface area (Å²) in [7, 11) is 0. The highest BCUT2D eigenvalue weighted by molar-refractivity contribution is 7.98. The lowest BCUT2D eigenvalue weighted by Gasteiger charge is -2.28. The first-order valence-corrected chi connectivity index (χ1v) is 8.89. The normalized spacial score (nSPS) is 10.8. The molecule has 0 aromatic heterocycles. The number of hydrogen-bond donors (Lipinski definition) is 1. The van der Waals surface area contributed by atoms with E-state index in [0.29, 0.717) is 17.7 Å². The van der Waals surface area contributed by atoms with Gasteiger partial charge in [0.05, 0.1) is 0 Å². The van der Waals surface area contributed by atoms with Crippen LogP contribution in [0.4, 0.5) is 0 Å². The van der Waals surface area contributed by atoms with Gasteiger partial charge < -0.3 is 10.0 Å². The van der Waals surface area contributed by atoms with Crippen LogP contribution in [-0.4, -0.2) is 28.2 Å². The number of nitrogens with zero attached hydrogens (tertiary/aromatic N) is 1. The van der Waals surface area contributed by atoms with E-state index in [2.05, 4.69) is 12.1 Å². The van der Waals surface area contributed by atoms with Crippen LogP contribution in [0.1, 0.15) is 35.3 Å². The highest BCUT2D eigenvalue weighted by atomic mass is 32.2. The van der Waals surface area contributed by atoms with Gasteiger partial charge in [0.25, 0.3) is 5.91 Å². The number of carbonyl (C=O) groups is 1. The maximum atomic E-state index is 12.9. The molecule has 3 nitrogen and oxygen atoms in total. The van der Waals surface area contributed by atoms with E-state index in [9.17, 15) is 9.90 Å². The zero-order valence-corrected chi connectivity index (χ0v) is 14.9. The lowest BCUT2D eigenvalue weighted by molar-refractivity contribution is 0.0689. The minimum Gasteiger partial charge on any atom is -0.508 e. The molecule has 0 bridgehead atoms. The topological polar surface area (TPSA) is 40.5 Å². The Kier molecular flexibility index (Phi) is 5.72. The summed E-state index contributed by atoms with van der Waals surface area (Å²) >= 11 is 1.69. The van der Waals surface area contributed by atoms with Crippen LogP contribution in [0.15, 0.2) is 47.4 Å². The number of phenolic OH excluding ortho intramolecular Hbond substituents is 1. The largest absolute Gasteiger partial charge is 0.508 e. The molecule has 0 heterocycles. The lowest BCUT2D eigenvalue weighted by Crippen LogP contribution is -2.36. The highest BCUT2D eigenvalue weighted by Gasteiger charge is 2.21. The van der Waals surface area contributed by atoms with E-state index in [4.69, 9.17) is 0 Å². The van der Waals surface area contributed by atoms with Gasteiger partial charge in [-0.3, -0.25) is 4.79 Å². The standard InChI is InChI=1S/C19H23NO2S/c1-13(2)20(12-15-7-5-8-16(11-15)23-4)19(22)17-9-6-10-18(21)14(17)3/h5-11,13,21H,12H2,1-4H3. The molecular formula is C19H23NO2S. The van der Waals surface area contributed by atoms with Crippen molar-refractivity contribution in [1.29, 1.82) is 0 Å². The van der Waals surface area contributed by atoms with Crippen molar-refractivity contribution in [2.75, 3.05) is 6.26 Å². The fourth-order valence-corrected chi connectivity index (χ4v) is 2.95. The van der Waals surface area contributed by atoms with Gasteiger partial charge in [-0.2, -0.15) is 0 Å². The zero-order valence-electron chi connectivity index (χ0n) is 14.0. The lowest BCUT2D eigenvalue weighted by atomic mass is 10.0. The highest BCUT2D eigenvalue weighted by Crippen LogP contribution is 2.23. The molecule has 0 aliphatic carbocycles. The molecule has 1 N–H and O–H groups in total. The third kappa shape index (κ3) is 4.08. The van der Waals surface area contributed by atoms with Gasteiger partial charge in [-0.05, 0) is 56.9 Å². The third-order valence-electron chi connectivity index (χ3n) is 3.91. The first kappa shape index (κ1) is 17.4. The summed E-state index contributed by atoms with van der Waals surface area (Å²) in [4.78, 5) is 15.9. The van der Waals surface area contributed by atoms with Gasteiger partial charge in [0.15, 0.2) is 0 Å². The minimum atomic E-state index is -0.0528. The average molecular weight is 329 g/mol. The van der Waals surface area contributed by atoms with E-state index >= 15 is 0 Å². The predicted octanol–water partition coefficient (Wildman–Crippen LogP) is 4.47. The van der Waals surface area contributed by atoms with Crippen LogP contribution in [0.25, 0.3) is 0 Å². The Bertz CT molecular complexity index is 698. The number of benzene rings is 2. The Morgan fingerprint density at radius 2 is 1.91 bits per heavy atom. The summed E-state index contributed by atoms with van der Waals surface area (Å²) in [6.07, 6.45) is 2.04. The van der Waals surface area contributed by atoms with Crippen molar-refractivity contribution >= 4 is 17.7 Å². The molecule has 1 amide bonds. The fraction of sp³-hybridized carbons (Fsp3) is 0.316. The van der Waals surface area contributed by atoms with Gasteiger partial charge in [0.2, 0.25) is 0 Å². The van der Waals surface area contributed by atoms with Crippen molar-refractivity contribution in [2.24, 2.45) is 0 Å². The second kappa shape index (κ2) is 7.55. The van der Waals surface area contributed by atoms with Crippen molar-refractivity contribution in [2.45, 2.75) is 38.3 Å². The fourth-order valence-electron chi connectivity index (χ4n) is 2.47. The number of phenols is 1. The van der Waals surface area contributed by atoms with Crippen molar-refractivity contribution in [1.82, 2.24) is 4.90 Å². The van der Waals surface area contributed by atoms with Gasteiger partial charge in [0.1, 0.15) is 5.75 Å². The number of carbonyl (C=O) groups excluding carboxylic acids is 1. The Balaban J connectivity index is 2.30. The quantitative estimate of drug-likeness (QED) is 0.823. The molecule has 0 unspecified atom stereocenters. The average Bonchev–Trinajstić information content (AvgIpc) is 2.54. The minimum absolute atomic E-state index is 0.0528. The molecule has 0 atom stereocenters. The first-order chi connectivity index (χ1) is 10.9. The van der Waals surface area contributed by atoms with Crippen LogP contribution in [0.3, 0.4) is 0 Å². The molecule has 0 saturated carbocycles. The number of aromatic hydroxyl groups is 1. The Morgan fingerprint density at radius 1 is 1.22 bits per heavy atom. The molecule has 4 heteroatoms. The van der Waals surface area contributed by atoms with Crippen molar-refractivity contribution in [3.8, 4) is 5.75 Å². The number of amides is 1. The third-order valence-corrected chi connectivity index (χ3v) is 4.63. The first-order valence-electron chi connectivity index (χ1n) is 7.66. The summed E-state index contributed by atoms with van der Waals surface area (Å²) in [5.41, 5.74) is 2.29. The maximum Gasteiger partial charge on any atom is 0.254 e. The Labute approximate surface area is 142 Å². The van der Waals surface area contributed by atoms with Crippen LogP contribution in [0.5, 0.6) is 5.75 Å². The van der Waals surface area contributed by atoms with Gasteiger partial charge in [0, 0.05) is 28.6 Å². The van der Waals surface area contributed by atoms with E-state index in [-0.39, 0.29) is 17.7 Å². The van der Waals surface area contributed by atoms with E-state index in [1.165, 1.54) is 4.90 Å². The van der Waals surface area contributed by atoms with E-state index < -0.39 is 0 Å². The predicted molar refractivity (Wildman–Crippen MR) is 96.1 cm³/mol. The molecule has 0 radical (unpaired) electrons. The second-order valence-corrected chi connectivity index (χ2v) is 6.71. The molecule has 2 aromatic rings. The molecule has 122 valence electrons. The van der Waals surface area contributed by atoms with Crippen LogP contribution < -0.4 is 0 Å². The summed E-state index contributed by atoms with van der Waals surface area (Å²) < 4.78 is 0. The zero-order chi connectivity index (χ0) is 17.0. The van der Waals surface area contributed by atoms with Gasteiger partial charge in [-0.25, -0.2) is 0 Å². The molecule has 0 aliphatic rings. The molecule has 0 spiro atoms. The van der Waals surface area contributed by atoms with Crippen molar-refractivity contribution in [3.63, 3.8) is 0 Å². The molecule has 0 saturated heterocycles. The SMILES string of the molecule is CSc1cccc(CN(C(=O)c2cccc(O)c2C)C(C)C)c1. The smallest absolute Gasteiger partial charge is 0.254 e. The number of thioether (sulfide) groups is 1. The van der Waals surface area contributed by atoms with E-state index in [1.54, 1.807) is 36.9 Å². The molecule has 0 aliphatic heterocycles.